The van der Waals surface area contributed by atoms with Gasteiger partial charge in [0.15, 0.2) is 12.2 Å². The molecule has 0 radical (unpaired) electrons. The normalized spacial score (nSPS) is 14.2. The highest BCUT2D eigenvalue weighted by Crippen LogP contribution is 2.45. The molecule has 0 fully saturated rings. The van der Waals surface area contributed by atoms with E-state index < -0.39 is 97.5 Å². The molecule has 0 spiro atoms. The lowest BCUT2D eigenvalue weighted by Gasteiger charge is -2.21. The van der Waals surface area contributed by atoms with Crippen molar-refractivity contribution in [2.24, 2.45) is 11.8 Å². The van der Waals surface area contributed by atoms with Gasteiger partial charge >= 0.3 is 39.5 Å². The molecule has 19 heteroatoms. The summed E-state index contributed by atoms with van der Waals surface area (Å²) in [7, 11) is -9.92. The molecular weight excluding hydrogens is 1310 g/mol. The molecule has 3 unspecified atom stereocenters. The van der Waals surface area contributed by atoms with Gasteiger partial charge in [-0.05, 0) is 37.5 Å². The van der Waals surface area contributed by atoms with Crippen molar-refractivity contribution in [2.45, 2.75) is 445 Å². The molecule has 17 nitrogen and oxygen atoms in total. The summed E-state index contributed by atoms with van der Waals surface area (Å²) >= 11 is 0. The van der Waals surface area contributed by atoms with Gasteiger partial charge in [-0.2, -0.15) is 0 Å². The summed E-state index contributed by atoms with van der Waals surface area (Å²) in [6, 6.07) is 0. The Kier molecular flexibility index (Phi) is 71.2. The first-order chi connectivity index (χ1) is 48.4. The molecule has 594 valence electrons. The molecule has 0 aliphatic rings. The van der Waals surface area contributed by atoms with Crippen LogP contribution in [0.25, 0.3) is 0 Å². The van der Waals surface area contributed by atoms with Crippen LogP contribution in [0.1, 0.15) is 427 Å². The zero-order valence-corrected chi connectivity index (χ0v) is 67.3. The highest BCUT2D eigenvalue weighted by atomic mass is 31.2. The van der Waals surface area contributed by atoms with Crippen molar-refractivity contribution in [2.75, 3.05) is 39.6 Å². The number of aliphatic hydroxyl groups is 1. The maximum atomic E-state index is 13.1. The van der Waals surface area contributed by atoms with Gasteiger partial charge in [0.1, 0.15) is 19.3 Å². The van der Waals surface area contributed by atoms with Crippen LogP contribution in [0, 0.1) is 11.8 Å². The van der Waals surface area contributed by atoms with E-state index in [1.54, 1.807) is 0 Å². The topological polar surface area (TPSA) is 237 Å². The molecule has 0 saturated heterocycles. The first-order valence-corrected chi connectivity index (χ1v) is 45.0. The third-order valence-electron chi connectivity index (χ3n) is 19.3. The minimum absolute atomic E-state index is 0.108. The van der Waals surface area contributed by atoms with Crippen molar-refractivity contribution < 1.29 is 80.2 Å². The number of hydrogen-bond acceptors (Lipinski definition) is 15. The molecule has 0 rings (SSSR count). The fourth-order valence-corrected chi connectivity index (χ4v) is 14.1. The molecule has 3 N–H and O–H groups in total. The summed E-state index contributed by atoms with van der Waals surface area (Å²) < 4.78 is 68.7. The fourth-order valence-electron chi connectivity index (χ4n) is 12.5. The van der Waals surface area contributed by atoms with Crippen molar-refractivity contribution in [1.82, 2.24) is 0 Å². The molecule has 100 heavy (non-hydrogen) atoms. The van der Waals surface area contributed by atoms with E-state index in [0.717, 1.165) is 108 Å². The molecule has 0 aromatic rings. The fraction of sp³-hybridized carbons (Fsp3) is 0.951. The van der Waals surface area contributed by atoms with Crippen LogP contribution < -0.4 is 0 Å². The van der Waals surface area contributed by atoms with Gasteiger partial charge in [-0.3, -0.25) is 37.3 Å². The second-order valence-corrected chi connectivity index (χ2v) is 32.8. The van der Waals surface area contributed by atoms with E-state index in [1.165, 1.54) is 238 Å². The lowest BCUT2D eigenvalue weighted by atomic mass is 10.00. The minimum Gasteiger partial charge on any atom is -0.462 e. The Bertz CT molecular complexity index is 1930. The van der Waals surface area contributed by atoms with Gasteiger partial charge < -0.3 is 33.8 Å². The van der Waals surface area contributed by atoms with E-state index >= 15 is 0 Å². The van der Waals surface area contributed by atoms with Crippen LogP contribution in [0.3, 0.4) is 0 Å². The van der Waals surface area contributed by atoms with Crippen LogP contribution in [0.15, 0.2) is 0 Å². The highest BCUT2D eigenvalue weighted by Gasteiger charge is 2.30. The second kappa shape index (κ2) is 72.6. The maximum Gasteiger partial charge on any atom is 0.472 e. The highest BCUT2D eigenvalue weighted by molar-refractivity contribution is 7.47. The Labute approximate surface area is 613 Å². The zero-order chi connectivity index (χ0) is 73.5. The van der Waals surface area contributed by atoms with Crippen LogP contribution in [0.5, 0.6) is 0 Å². The smallest absolute Gasteiger partial charge is 0.462 e. The number of phosphoric ester groups is 2. The lowest BCUT2D eigenvalue weighted by Crippen LogP contribution is -2.30. The largest absolute Gasteiger partial charge is 0.472 e. The third kappa shape index (κ3) is 73.0. The van der Waals surface area contributed by atoms with Gasteiger partial charge in [0.2, 0.25) is 0 Å². The number of carbonyl (C=O) groups is 4. The van der Waals surface area contributed by atoms with Gasteiger partial charge in [0.25, 0.3) is 0 Å². The van der Waals surface area contributed by atoms with Crippen LogP contribution >= 0.6 is 15.6 Å². The summed E-state index contributed by atoms with van der Waals surface area (Å²) in [5.74, 6) is -0.574. The lowest BCUT2D eigenvalue weighted by molar-refractivity contribution is -0.161. The standard InChI is InChI=1S/C81H158O17P2/c1-7-10-12-14-16-18-20-22-24-28-32-36-40-44-51-57-63-78(83)91-69-76(97-80(85)65-60-54-46-42-38-34-30-26-27-31-35-39-43-49-55-61-73(4)5)71-95-99(87,88)93-67-75(82)68-94-100(89,90)96-72-77(70-92-79(84)64-58-52-48-47-50-56-62-74(6)9-3)98-81(86)66-59-53-45-41-37-33-29-25-23-21-19-17-15-13-11-8-2/h73-77,82H,7-72H2,1-6H3,(H,87,88)(H,89,90)/t74?,75-,76-,77-/m1/s1. The average Bonchev–Trinajstić information content (AvgIpc) is 0.931. The molecule has 0 aromatic heterocycles. The third-order valence-corrected chi connectivity index (χ3v) is 21.2. The van der Waals surface area contributed by atoms with Gasteiger partial charge in [0, 0.05) is 25.7 Å². The summed E-state index contributed by atoms with van der Waals surface area (Å²) in [6.07, 6.45) is 62.4. The Balaban J connectivity index is 5.25. The first kappa shape index (κ1) is 98.1. The van der Waals surface area contributed by atoms with Crippen molar-refractivity contribution in [3.8, 4) is 0 Å². The zero-order valence-electron chi connectivity index (χ0n) is 65.5. The number of esters is 4. The van der Waals surface area contributed by atoms with Crippen LogP contribution in [-0.4, -0.2) is 96.7 Å². The van der Waals surface area contributed by atoms with E-state index in [9.17, 15) is 43.2 Å². The number of unbranched alkanes of at least 4 members (excludes halogenated alkanes) is 49. The number of phosphoric acid groups is 2. The Hall–Kier alpha value is -1.94. The average molecular weight is 1470 g/mol. The van der Waals surface area contributed by atoms with E-state index in [4.69, 9.17) is 37.0 Å². The van der Waals surface area contributed by atoms with Gasteiger partial charge in [0.05, 0.1) is 26.4 Å². The summed E-state index contributed by atoms with van der Waals surface area (Å²) in [5, 5.41) is 10.6. The van der Waals surface area contributed by atoms with Crippen molar-refractivity contribution in [3.05, 3.63) is 0 Å². The van der Waals surface area contributed by atoms with E-state index in [1.807, 2.05) is 0 Å². The first-order valence-electron chi connectivity index (χ1n) is 42.0. The minimum atomic E-state index is -4.96. The monoisotopic (exact) mass is 1470 g/mol. The Morgan fingerprint density at radius 3 is 0.760 bits per heavy atom. The second-order valence-electron chi connectivity index (χ2n) is 29.9. The summed E-state index contributed by atoms with van der Waals surface area (Å²) in [4.78, 5) is 73.0. The number of ether oxygens (including phenoxy) is 4. The van der Waals surface area contributed by atoms with Crippen LogP contribution in [0.2, 0.25) is 0 Å². The molecule has 0 heterocycles. The molecule has 0 saturated carbocycles. The molecule has 0 bridgehead atoms. The predicted octanol–water partition coefficient (Wildman–Crippen LogP) is 24.3. The van der Waals surface area contributed by atoms with Crippen molar-refractivity contribution in [1.29, 1.82) is 0 Å². The predicted molar refractivity (Wildman–Crippen MR) is 409 cm³/mol. The van der Waals surface area contributed by atoms with E-state index in [-0.39, 0.29) is 25.7 Å². The number of carbonyl (C=O) groups excluding carboxylic acids is 4. The molecule has 0 aliphatic heterocycles. The summed E-state index contributed by atoms with van der Waals surface area (Å²) in [6.45, 7) is 9.63. The SMILES string of the molecule is CCCCCCCCCCCCCCCCCCC(=O)OC[C@H](COP(=O)(O)OC[C@@H](O)COP(=O)(O)OC[C@@H](COC(=O)CCCCCCCCC(C)CC)OC(=O)CCCCCCCCCCCCCCCCCC)OC(=O)CCCCCCCCCCCCCCCCCC(C)C. The van der Waals surface area contributed by atoms with E-state index in [2.05, 4.69) is 41.5 Å². The van der Waals surface area contributed by atoms with Crippen LogP contribution in [0.4, 0.5) is 0 Å². The Morgan fingerprint density at radius 2 is 0.510 bits per heavy atom. The Morgan fingerprint density at radius 1 is 0.290 bits per heavy atom. The quantitative estimate of drug-likeness (QED) is 0.0222. The molecule has 6 atom stereocenters. The van der Waals surface area contributed by atoms with Gasteiger partial charge in [-0.15, -0.1) is 0 Å². The number of rotatable bonds is 80. The van der Waals surface area contributed by atoms with E-state index in [0.29, 0.717) is 25.7 Å². The summed E-state index contributed by atoms with van der Waals surface area (Å²) in [5.41, 5.74) is 0. The maximum absolute atomic E-state index is 13.1. The molecule has 0 aliphatic carbocycles. The van der Waals surface area contributed by atoms with Crippen molar-refractivity contribution in [3.63, 3.8) is 0 Å². The number of aliphatic hydroxyl groups excluding tert-OH is 1. The van der Waals surface area contributed by atoms with Gasteiger partial charge in [-0.25, -0.2) is 9.13 Å². The molecule has 0 amide bonds. The van der Waals surface area contributed by atoms with Crippen molar-refractivity contribution >= 4 is 39.5 Å². The molecule has 0 aromatic carbocycles. The van der Waals surface area contributed by atoms with Crippen LogP contribution in [-0.2, 0) is 65.4 Å². The number of hydrogen-bond donors (Lipinski definition) is 3. The van der Waals surface area contributed by atoms with Gasteiger partial charge in [-0.1, -0.05) is 375 Å². The molecular formula is C81H158O17P2.